The molecular weight excluding hydrogens is 743 g/mol. The van der Waals surface area contributed by atoms with E-state index >= 15 is 0 Å². The summed E-state index contributed by atoms with van der Waals surface area (Å²) < 4.78 is 2.62. The molecule has 9 aromatic carbocycles. The van der Waals surface area contributed by atoms with Crippen molar-refractivity contribution in [3.05, 3.63) is 234 Å². The Kier molecular flexibility index (Phi) is 6.94. The molecule has 0 unspecified atom stereocenters. The summed E-state index contributed by atoms with van der Waals surface area (Å²) in [5.74, 6) is 0. The molecule has 60 heavy (non-hydrogen) atoms. The number of anilines is 3. The van der Waals surface area contributed by atoms with E-state index in [0.29, 0.717) is 0 Å². The highest BCUT2D eigenvalue weighted by Crippen LogP contribution is 2.65. The number of hydrogen-bond donors (Lipinski definition) is 0. The number of fused-ring (bicyclic) bond motifs is 16. The number of benzene rings is 9. The van der Waals surface area contributed by atoms with Crippen molar-refractivity contribution in [3.63, 3.8) is 0 Å². The highest BCUT2D eigenvalue weighted by atomic mass is 32.1. The second kappa shape index (κ2) is 12.3. The maximum absolute atomic E-state index is 2.56. The molecule has 13 rings (SSSR count). The minimum absolute atomic E-state index is 0.143. The van der Waals surface area contributed by atoms with Crippen LogP contribution in [0.4, 0.5) is 17.1 Å². The Morgan fingerprint density at radius 3 is 1.72 bits per heavy atom. The van der Waals surface area contributed by atoms with Crippen molar-refractivity contribution in [2.45, 2.75) is 24.7 Å². The van der Waals surface area contributed by atoms with Crippen LogP contribution in [-0.2, 0) is 10.8 Å². The highest BCUT2D eigenvalue weighted by molar-refractivity contribution is 7.25. The zero-order valence-corrected chi connectivity index (χ0v) is 34.2. The van der Waals surface area contributed by atoms with Gasteiger partial charge in [0.25, 0.3) is 0 Å². The Labute approximate surface area is 354 Å². The largest absolute Gasteiger partial charge is 0.310 e. The van der Waals surface area contributed by atoms with E-state index in [1.807, 2.05) is 11.3 Å². The Morgan fingerprint density at radius 2 is 0.933 bits per heavy atom. The van der Waals surface area contributed by atoms with Crippen molar-refractivity contribution >= 4 is 48.6 Å². The SMILES string of the molecule is CC1(C)c2ccc(N(c3ccc4sc5ccccc5c4c3)c3cccc4c3-c3ccccc3C43c4ccccc4-c4ccccc43)cc2-c2c(-c3ccccc3)cccc21. The highest BCUT2D eigenvalue weighted by Gasteiger charge is 2.52. The fraction of sp³-hybridized carbons (Fsp3) is 0.0690. The van der Waals surface area contributed by atoms with E-state index in [4.69, 9.17) is 0 Å². The molecular formula is C58H39NS. The van der Waals surface area contributed by atoms with Gasteiger partial charge in [0.15, 0.2) is 0 Å². The normalized spacial score (nSPS) is 14.4. The molecule has 0 N–H and O–H groups in total. The van der Waals surface area contributed by atoms with Crippen LogP contribution in [0.3, 0.4) is 0 Å². The molecule has 0 saturated heterocycles. The van der Waals surface area contributed by atoms with Gasteiger partial charge in [0, 0.05) is 42.5 Å². The first-order valence-electron chi connectivity index (χ1n) is 21.0. The van der Waals surface area contributed by atoms with E-state index in [0.717, 1.165) is 11.4 Å². The Bertz CT molecular complexity index is 3380. The monoisotopic (exact) mass is 781 g/mol. The van der Waals surface area contributed by atoms with Crippen molar-refractivity contribution in [2.75, 3.05) is 4.90 Å². The minimum Gasteiger partial charge on any atom is -0.310 e. The van der Waals surface area contributed by atoms with Crippen molar-refractivity contribution in [1.29, 1.82) is 0 Å². The quantitative estimate of drug-likeness (QED) is 0.172. The zero-order valence-electron chi connectivity index (χ0n) is 33.4. The molecule has 0 amide bonds. The van der Waals surface area contributed by atoms with E-state index < -0.39 is 5.41 Å². The van der Waals surface area contributed by atoms with Crippen LogP contribution in [0, 0.1) is 0 Å². The zero-order chi connectivity index (χ0) is 39.7. The van der Waals surface area contributed by atoms with Crippen LogP contribution in [0.15, 0.2) is 200 Å². The molecule has 0 fully saturated rings. The van der Waals surface area contributed by atoms with Crippen molar-refractivity contribution < 1.29 is 0 Å². The average molecular weight is 782 g/mol. The smallest absolute Gasteiger partial charge is 0.0726 e. The van der Waals surface area contributed by atoms with Crippen LogP contribution in [-0.4, -0.2) is 0 Å². The molecule has 0 atom stereocenters. The van der Waals surface area contributed by atoms with Gasteiger partial charge in [-0.05, 0) is 115 Å². The summed E-state index contributed by atoms with van der Waals surface area (Å²) in [6.45, 7) is 4.77. The Balaban J connectivity index is 1.11. The van der Waals surface area contributed by atoms with Gasteiger partial charge in [0.2, 0.25) is 0 Å². The molecule has 1 spiro atoms. The predicted molar refractivity (Wildman–Crippen MR) is 253 cm³/mol. The standard InChI is InChI=1S/C58H39NS/c1-57(2)46-32-30-37(35-45(46)55-39(22-14-26-50(55)57)36-16-4-3-5-17-36)59(38-31-33-54-44(34-38)42-20-9-13-29-53(42)60-54)52-28-15-27-51-56(52)43-21-8-12-25-49(43)58(51)47-23-10-6-18-40(47)41-19-7-11-24-48(41)58/h3-35H,1-2H3. The van der Waals surface area contributed by atoms with Gasteiger partial charge < -0.3 is 4.90 Å². The maximum Gasteiger partial charge on any atom is 0.0726 e. The third-order valence-corrected chi connectivity index (χ3v) is 15.0. The molecule has 0 saturated carbocycles. The van der Waals surface area contributed by atoms with Crippen LogP contribution in [0.5, 0.6) is 0 Å². The minimum atomic E-state index is -0.431. The molecule has 3 aliphatic carbocycles. The lowest BCUT2D eigenvalue weighted by atomic mass is 9.70. The number of hydrogen-bond acceptors (Lipinski definition) is 2. The van der Waals surface area contributed by atoms with Crippen LogP contribution < -0.4 is 4.90 Å². The summed E-state index contributed by atoms with van der Waals surface area (Å²) >= 11 is 1.87. The Morgan fingerprint density at radius 1 is 0.367 bits per heavy atom. The molecule has 0 aliphatic heterocycles. The first kappa shape index (κ1) is 33.9. The van der Waals surface area contributed by atoms with Gasteiger partial charge in [-0.25, -0.2) is 0 Å². The predicted octanol–water partition coefficient (Wildman–Crippen LogP) is 15.8. The number of thiophene rings is 1. The Hall–Kier alpha value is -7.00. The van der Waals surface area contributed by atoms with Crippen LogP contribution in [0.25, 0.3) is 64.7 Å². The third-order valence-electron chi connectivity index (χ3n) is 13.9. The summed E-state index contributed by atoms with van der Waals surface area (Å²) in [7, 11) is 0. The van der Waals surface area contributed by atoms with E-state index in [2.05, 4.69) is 219 Å². The molecule has 0 radical (unpaired) electrons. The first-order valence-corrected chi connectivity index (χ1v) is 21.8. The van der Waals surface area contributed by atoms with Gasteiger partial charge in [0.1, 0.15) is 0 Å². The number of nitrogens with zero attached hydrogens (tertiary/aromatic N) is 1. The number of rotatable bonds is 4. The van der Waals surface area contributed by atoms with Crippen LogP contribution in [0.1, 0.15) is 47.2 Å². The lowest BCUT2D eigenvalue weighted by Gasteiger charge is -2.32. The molecule has 0 bridgehead atoms. The van der Waals surface area contributed by atoms with Crippen molar-refractivity contribution in [3.8, 4) is 44.5 Å². The van der Waals surface area contributed by atoms with E-state index in [9.17, 15) is 0 Å². The van der Waals surface area contributed by atoms with Gasteiger partial charge in [-0.15, -0.1) is 11.3 Å². The fourth-order valence-corrected chi connectivity index (χ4v) is 12.5. The van der Waals surface area contributed by atoms with Crippen LogP contribution in [0.2, 0.25) is 0 Å². The van der Waals surface area contributed by atoms with Gasteiger partial charge in [-0.1, -0.05) is 172 Å². The molecule has 1 aromatic heterocycles. The molecule has 10 aromatic rings. The summed E-state index contributed by atoms with van der Waals surface area (Å²) in [6, 6.07) is 75.4. The van der Waals surface area contributed by atoms with Gasteiger partial charge in [-0.2, -0.15) is 0 Å². The van der Waals surface area contributed by atoms with Gasteiger partial charge in [0.05, 0.1) is 11.1 Å². The second-order valence-corrected chi connectivity index (χ2v) is 18.2. The summed E-state index contributed by atoms with van der Waals surface area (Å²) in [4.78, 5) is 2.56. The molecule has 2 heteroatoms. The fourth-order valence-electron chi connectivity index (χ4n) is 11.4. The summed E-state index contributed by atoms with van der Waals surface area (Å²) in [5, 5.41) is 2.60. The third kappa shape index (κ3) is 4.36. The average Bonchev–Trinajstić information content (AvgIpc) is 3.99. The van der Waals surface area contributed by atoms with E-state index in [1.165, 1.54) is 104 Å². The lowest BCUT2D eigenvalue weighted by molar-refractivity contribution is 0.660. The van der Waals surface area contributed by atoms with Gasteiger partial charge >= 0.3 is 0 Å². The molecule has 1 nitrogen and oxygen atoms in total. The first-order chi connectivity index (χ1) is 29.5. The van der Waals surface area contributed by atoms with E-state index in [-0.39, 0.29) is 5.41 Å². The van der Waals surface area contributed by atoms with Crippen LogP contribution >= 0.6 is 11.3 Å². The lowest BCUT2D eigenvalue weighted by Crippen LogP contribution is -2.26. The van der Waals surface area contributed by atoms with Gasteiger partial charge in [-0.3, -0.25) is 0 Å². The van der Waals surface area contributed by atoms with E-state index in [1.54, 1.807) is 0 Å². The van der Waals surface area contributed by atoms with Crippen molar-refractivity contribution in [2.24, 2.45) is 0 Å². The summed E-state index contributed by atoms with van der Waals surface area (Å²) in [5.41, 5.74) is 21.5. The topological polar surface area (TPSA) is 3.24 Å². The molecule has 3 aliphatic rings. The van der Waals surface area contributed by atoms with Crippen molar-refractivity contribution in [1.82, 2.24) is 0 Å². The molecule has 282 valence electrons. The molecule has 1 heterocycles. The second-order valence-electron chi connectivity index (χ2n) is 17.1. The maximum atomic E-state index is 2.56. The summed E-state index contributed by atoms with van der Waals surface area (Å²) in [6.07, 6.45) is 0.